The number of guanidine groups is 1. The highest BCUT2D eigenvalue weighted by molar-refractivity contribution is 14.0. The molecule has 4 nitrogen and oxygen atoms in total. The van der Waals surface area contributed by atoms with Gasteiger partial charge in [0.2, 0.25) is 0 Å². The average molecular weight is 492 g/mol. The van der Waals surface area contributed by atoms with E-state index in [4.69, 9.17) is 0 Å². The summed E-state index contributed by atoms with van der Waals surface area (Å²) in [5.74, 6) is 0.565. The lowest BCUT2D eigenvalue weighted by molar-refractivity contribution is -0.137. The fourth-order valence-corrected chi connectivity index (χ4v) is 2.42. The summed E-state index contributed by atoms with van der Waals surface area (Å²) in [6, 6.07) is 11.1. The largest absolute Gasteiger partial charge is 0.416 e. The number of nitrogens with zero attached hydrogens (tertiary/aromatic N) is 2. The second kappa shape index (κ2) is 9.91. The molecule has 0 fully saturated rings. The lowest BCUT2D eigenvalue weighted by Crippen LogP contribution is -2.43. The van der Waals surface area contributed by atoms with Gasteiger partial charge in [-0.2, -0.15) is 13.2 Å². The van der Waals surface area contributed by atoms with Crippen LogP contribution in [0.15, 0.2) is 53.7 Å². The molecule has 8 heteroatoms. The number of aliphatic imine (C=N–C) groups is 1. The summed E-state index contributed by atoms with van der Waals surface area (Å²) < 4.78 is 38.8. The van der Waals surface area contributed by atoms with Gasteiger partial charge in [-0.05, 0) is 23.8 Å². The van der Waals surface area contributed by atoms with Gasteiger partial charge < -0.3 is 10.6 Å². The molecule has 27 heavy (non-hydrogen) atoms. The Morgan fingerprint density at radius 3 is 2.33 bits per heavy atom. The van der Waals surface area contributed by atoms with E-state index in [9.17, 15) is 13.2 Å². The zero-order valence-electron chi connectivity index (χ0n) is 15.5. The molecule has 0 atom stereocenters. The van der Waals surface area contributed by atoms with Crippen LogP contribution in [0.1, 0.15) is 30.7 Å². The highest BCUT2D eigenvalue weighted by atomic mass is 127. The van der Waals surface area contributed by atoms with Crippen molar-refractivity contribution in [3.05, 3.63) is 65.5 Å². The van der Waals surface area contributed by atoms with E-state index < -0.39 is 17.2 Å². The molecular weight excluding hydrogens is 468 g/mol. The number of hydrogen-bond donors (Lipinski definition) is 2. The maximum atomic E-state index is 12.9. The van der Waals surface area contributed by atoms with Gasteiger partial charge in [0.1, 0.15) is 0 Å². The maximum absolute atomic E-state index is 12.9. The second-order valence-electron chi connectivity index (χ2n) is 6.56. The standard InChI is InChI=1S/C19H23F3N4.HI/c1-18(2,14-7-6-8-15(11-14)19(20,21)22)13-26-17(23-3)25-12-16-9-4-5-10-24-16;/h4-11H,12-13H2,1-3H3,(H2,23,25,26);1H. The predicted octanol–water partition coefficient (Wildman–Crippen LogP) is 4.36. The van der Waals surface area contributed by atoms with Crippen LogP contribution in [0.3, 0.4) is 0 Å². The van der Waals surface area contributed by atoms with Gasteiger partial charge >= 0.3 is 6.18 Å². The zero-order valence-corrected chi connectivity index (χ0v) is 17.8. The Labute approximate surface area is 174 Å². The van der Waals surface area contributed by atoms with E-state index in [1.807, 2.05) is 32.0 Å². The molecule has 1 heterocycles. The molecule has 0 spiro atoms. The van der Waals surface area contributed by atoms with Crippen LogP contribution in [-0.2, 0) is 18.1 Å². The van der Waals surface area contributed by atoms with Crippen molar-refractivity contribution in [2.75, 3.05) is 13.6 Å². The minimum Gasteiger partial charge on any atom is -0.356 e. The first kappa shape index (κ1) is 23.2. The van der Waals surface area contributed by atoms with Crippen molar-refractivity contribution in [3.63, 3.8) is 0 Å². The Balaban J connectivity index is 0.00000364. The Bertz CT molecular complexity index is 746. The first-order valence-electron chi connectivity index (χ1n) is 8.24. The Kier molecular flexibility index (Phi) is 8.52. The number of nitrogens with one attached hydrogen (secondary N) is 2. The Morgan fingerprint density at radius 1 is 1.04 bits per heavy atom. The Morgan fingerprint density at radius 2 is 1.74 bits per heavy atom. The molecule has 148 valence electrons. The highest BCUT2D eigenvalue weighted by Gasteiger charge is 2.32. The summed E-state index contributed by atoms with van der Waals surface area (Å²) in [5, 5.41) is 6.31. The summed E-state index contributed by atoms with van der Waals surface area (Å²) in [4.78, 5) is 8.37. The number of benzene rings is 1. The van der Waals surface area contributed by atoms with Crippen LogP contribution < -0.4 is 10.6 Å². The summed E-state index contributed by atoms with van der Waals surface area (Å²) >= 11 is 0. The molecule has 0 saturated carbocycles. The van der Waals surface area contributed by atoms with Crippen molar-refractivity contribution in [3.8, 4) is 0 Å². The molecule has 0 unspecified atom stereocenters. The summed E-state index contributed by atoms with van der Waals surface area (Å²) in [7, 11) is 1.64. The van der Waals surface area contributed by atoms with Crippen molar-refractivity contribution < 1.29 is 13.2 Å². The van der Waals surface area contributed by atoms with Gasteiger partial charge in [0.25, 0.3) is 0 Å². The van der Waals surface area contributed by atoms with Crippen molar-refractivity contribution in [1.29, 1.82) is 0 Å². The molecule has 1 aromatic heterocycles. The van der Waals surface area contributed by atoms with E-state index in [2.05, 4.69) is 20.6 Å². The van der Waals surface area contributed by atoms with E-state index in [0.29, 0.717) is 24.6 Å². The quantitative estimate of drug-likeness (QED) is 0.371. The maximum Gasteiger partial charge on any atom is 0.416 e. The molecule has 0 bridgehead atoms. The normalized spacial score (nSPS) is 12.3. The van der Waals surface area contributed by atoms with Crippen molar-refractivity contribution in [1.82, 2.24) is 15.6 Å². The van der Waals surface area contributed by atoms with E-state index in [-0.39, 0.29) is 24.0 Å². The zero-order chi connectivity index (χ0) is 19.2. The van der Waals surface area contributed by atoms with Crippen LogP contribution in [0.4, 0.5) is 13.2 Å². The molecule has 0 radical (unpaired) electrons. The first-order valence-corrected chi connectivity index (χ1v) is 8.24. The number of pyridine rings is 1. The molecule has 2 N–H and O–H groups in total. The van der Waals surface area contributed by atoms with Gasteiger partial charge in [0, 0.05) is 25.2 Å². The molecule has 0 aliphatic carbocycles. The highest BCUT2D eigenvalue weighted by Crippen LogP contribution is 2.32. The molecular formula is C19H24F3IN4. The van der Waals surface area contributed by atoms with Crippen LogP contribution in [0.25, 0.3) is 0 Å². The fourth-order valence-electron chi connectivity index (χ4n) is 2.42. The fraction of sp³-hybridized carbons (Fsp3) is 0.368. The van der Waals surface area contributed by atoms with Gasteiger partial charge in [-0.3, -0.25) is 9.98 Å². The summed E-state index contributed by atoms with van der Waals surface area (Å²) in [5.41, 5.74) is 0.331. The monoisotopic (exact) mass is 492 g/mol. The molecule has 0 aliphatic heterocycles. The lowest BCUT2D eigenvalue weighted by atomic mass is 9.84. The number of hydrogen-bond acceptors (Lipinski definition) is 2. The van der Waals surface area contributed by atoms with Gasteiger partial charge in [-0.1, -0.05) is 38.1 Å². The third kappa shape index (κ3) is 7.00. The molecule has 2 aromatic rings. The lowest BCUT2D eigenvalue weighted by Gasteiger charge is -2.27. The minimum absolute atomic E-state index is 0. The summed E-state index contributed by atoms with van der Waals surface area (Å²) in [6.07, 6.45) is -2.64. The summed E-state index contributed by atoms with van der Waals surface area (Å²) in [6.45, 7) is 4.71. The molecule has 2 rings (SSSR count). The molecule has 0 amide bonds. The number of aromatic nitrogens is 1. The van der Waals surface area contributed by atoms with Crippen molar-refractivity contribution in [2.24, 2.45) is 4.99 Å². The first-order chi connectivity index (χ1) is 12.2. The SMILES string of the molecule is CN=C(NCc1ccccn1)NCC(C)(C)c1cccc(C(F)(F)F)c1.I. The van der Waals surface area contributed by atoms with Gasteiger partial charge in [-0.15, -0.1) is 24.0 Å². The second-order valence-corrected chi connectivity index (χ2v) is 6.56. The number of rotatable bonds is 5. The average Bonchev–Trinajstić information content (AvgIpc) is 2.62. The Hall–Kier alpha value is -1.84. The van der Waals surface area contributed by atoms with Crippen molar-refractivity contribution >= 4 is 29.9 Å². The van der Waals surface area contributed by atoms with E-state index in [1.54, 1.807) is 19.3 Å². The predicted molar refractivity (Wildman–Crippen MR) is 112 cm³/mol. The van der Waals surface area contributed by atoms with Crippen LogP contribution >= 0.6 is 24.0 Å². The van der Waals surface area contributed by atoms with E-state index >= 15 is 0 Å². The van der Waals surface area contributed by atoms with Crippen LogP contribution in [0.2, 0.25) is 0 Å². The van der Waals surface area contributed by atoms with Crippen LogP contribution in [0, 0.1) is 0 Å². The van der Waals surface area contributed by atoms with Crippen LogP contribution in [-0.4, -0.2) is 24.5 Å². The third-order valence-corrected chi connectivity index (χ3v) is 4.06. The van der Waals surface area contributed by atoms with E-state index in [1.165, 1.54) is 12.1 Å². The molecule has 0 aliphatic rings. The number of alkyl halides is 3. The minimum atomic E-state index is -4.35. The topological polar surface area (TPSA) is 49.3 Å². The third-order valence-electron chi connectivity index (χ3n) is 4.06. The number of halogens is 4. The smallest absolute Gasteiger partial charge is 0.356 e. The van der Waals surface area contributed by atoms with Gasteiger partial charge in [-0.25, -0.2) is 0 Å². The van der Waals surface area contributed by atoms with E-state index in [0.717, 1.165) is 11.8 Å². The van der Waals surface area contributed by atoms with Crippen molar-refractivity contribution in [2.45, 2.75) is 32.0 Å². The molecule has 1 aromatic carbocycles. The van der Waals surface area contributed by atoms with Crippen LogP contribution in [0.5, 0.6) is 0 Å². The van der Waals surface area contributed by atoms with Gasteiger partial charge in [0.15, 0.2) is 5.96 Å². The molecule has 0 saturated heterocycles. The van der Waals surface area contributed by atoms with Gasteiger partial charge in [0.05, 0.1) is 17.8 Å².